The summed E-state index contributed by atoms with van der Waals surface area (Å²) in [5.74, 6) is -0.623. The van der Waals surface area contributed by atoms with E-state index in [1.165, 1.54) is 7.11 Å². The van der Waals surface area contributed by atoms with E-state index in [-0.39, 0.29) is 5.91 Å². The van der Waals surface area contributed by atoms with E-state index in [2.05, 4.69) is 0 Å². The SMILES string of the molecule is COC(=O)c1ccccc1N1Cc2ccc(N)cc2C1=O. The van der Waals surface area contributed by atoms with Gasteiger partial charge in [-0.3, -0.25) is 4.79 Å². The maximum atomic E-state index is 12.5. The molecule has 1 aliphatic heterocycles. The minimum absolute atomic E-state index is 0.159. The minimum Gasteiger partial charge on any atom is -0.465 e. The lowest BCUT2D eigenvalue weighted by Crippen LogP contribution is -2.25. The summed E-state index contributed by atoms with van der Waals surface area (Å²) in [7, 11) is 1.32. The largest absolute Gasteiger partial charge is 0.465 e. The van der Waals surface area contributed by atoms with Gasteiger partial charge in [-0.05, 0) is 29.8 Å². The molecule has 106 valence electrons. The molecule has 0 spiro atoms. The van der Waals surface area contributed by atoms with Gasteiger partial charge in [-0.25, -0.2) is 4.79 Å². The van der Waals surface area contributed by atoms with Crippen molar-refractivity contribution in [2.75, 3.05) is 17.7 Å². The smallest absolute Gasteiger partial charge is 0.339 e. The topological polar surface area (TPSA) is 72.6 Å². The highest BCUT2D eigenvalue weighted by Crippen LogP contribution is 2.31. The molecule has 1 heterocycles. The van der Waals surface area contributed by atoms with Crippen molar-refractivity contribution in [3.05, 3.63) is 59.2 Å². The minimum atomic E-state index is -0.464. The lowest BCUT2D eigenvalue weighted by atomic mass is 10.1. The molecule has 0 aliphatic carbocycles. The molecule has 0 unspecified atom stereocenters. The van der Waals surface area contributed by atoms with E-state index in [1.54, 1.807) is 41.3 Å². The second-order valence-corrected chi connectivity index (χ2v) is 4.82. The first-order chi connectivity index (χ1) is 10.1. The molecule has 5 heteroatoms. The van der Waals surface area contributed by atoms with Crippen LogP contribution in [0.2, 0.25) is 0 Å². The fraction of sp³-hybridized carbons (Fsp3) is 0.125. The monoisotopic (exact) mass is 282 g/mol. The van der Waals surface area contributed by atoms with Crippen LogP contribution in [0, 0.1) is 0 Å². The van der Waals surface area contributed by atoms with E-state index in [4.69, 9.17) is 10.5 Å². The average Bonchev–Trinajstić information content (AvgIpc) is 2.83. The predicted molar refractivity (Wildman–Crippen MR) is 79.1 cm³/mol. The molecule has 2 N–H and O–H groups in total. The molecule has 1 aliphatic rings. The van der Waals surface area contributed by atoms with E-state index in [0.29, 0.717) is 29.0 Å². The van der Waals surface area contributed by atoms with Crippen molar-refractivity contribution >= 4 is 23.3 Å². The number of hydrogen-bond acceptors (Lipinski definition) is 4. The number of para-hydroxylation sites is 1. The van der Waals surface area contributed by atoms with Gasteiger partial charge in [0, 0.05) is 11.3 Å². The van der Waals surface area contributed by atoms with Crippen LogP contribution >= 0.6 is 0 Å². The van der Waals surface area contributed by atoms with Crippen LogP contribution in [-0.4, -0.2) is 19.0 Å². The van der Waals surface area contributed by atoms with Crippen LogP contribution in [0.25, 0.3) is 0 Å². The van der Waals surface area contributed by atoms with E-state index < -0.39 is 5.97 Å². The first-order valence-corrected chi connectivity index (χ1v) is 6.49. The van der Waals surface area contributed by atoms with E-state index in [1.807, 2.05) is 6.07 Å². The highest BCUT2D eigenvalue weighted by molar-refractivity contribution is 6.13. The summed E-state index contributed by atoms with van der Waals surface area (Å²) in [6.07, 6.45) is 0. The van der Waals surface area contributed by atoms with Crippen LogP contribution in [0.1, 0.15) is 26.3 Å². The Kier molecular flexibility index (Phi) is 3.10. The Hall–Kier alpha value is -2.82. The Balaban J connectivity index is 2.05. The van der Waals surface area contributed by atoms with Gasteiger partial charge in [-0.1, -0.05) is 18.2 Å². The highest BCUT2D eigenvalue weighted by Gasteiger charge is 2.31. The molecular weight excluding hydrogens is 268 g/mol. The third-order valence-electron chi connectivity index (χ3n) is 3.54. The number of ether oxygens (including phenoxy) is 1. The standard InChI is InChI=1S/C16H14N2O3/c1-21-16(20)12-4-2-3-5-14(12)18-9-10-6-7-11(17)8-13(10)15(18)19/h2-8H,9,17H2,1H3. The zero-order valence-corrected chi connectivity index (χ0v) is 11.5. The summed E-state index contributed by atoms with van der Waals surface area (Å²) < 4.78 is 4.77. The normalized spacial score (nSPS) is 13.2. The summed E-state index contributed by atoms with van der Waals surface area (Å²) in [5, 5.41) is 0. The van der Waals surface area contributed by atoms with Gasteiger partial charge >= 0.3 is 5.97 Å². The van der Waals surface area contributed by atoms with Gasteiger partial charge in [0.15, 0.2) is 0 Å². The maximum absolute atomic E-state index is 12.5. The van der Waals surface area contributed by atoms with Crippen molar-refractivity contribution in [2.24, 2.45) is 0 Å². The molecule has 0 aromatic heterocycles. The Morgan fingerprint density at radius 3 is 2.76 bits per heavy atom. The van der Waals surface area contributed by atoms with Crippen LogP contribution in [-0.2, 0) is 11.3 Å². The first kappa shape index (κ1) is 13.2. The molecule has 0 saturated heterocycles. The molecule has 0 fully saturated rings. The number of methoxy groups -OCH3 is 1. The van der Waals surface area contributed by atoms with Crippen LogP contribution in [0.3, 0.4) is 0 Å². The number of carbonyl (C=O) groups excluding carboxylic acids is 2. The van der Waals surface area contributed by atoms with Crippen LogP contribution in [0.4, 0.5) is 11.4 Å². The van der Waals surface area contributed by atoms with Crippen LogP contribution < -0.4 is 10.6 Å². The molecule has 3 rings (SSSR count). The second kappa shape index (κ2) is 4.94. The number of rotatable bonds is 2. The molecule has 5 nitrogen and oxygen atoms in total. The number of anilines is 2. The third kappa shape index (κ3) is 2.12. The molecule has 1 amide bonds. The number of esters is 1. The number of carbonyl (C=O) groups is 2. The molecule has 2 aromatic rings. The van der Waals surface area contributed by atoms with Gasteiger partial charge in [0.05, 0.1) is 24.9 Å². The van der Waals surface area contributed by atoms with E-state index in [9.17, 15) is 9.59 Å². The molecule has 0 atom stereocenters. The fourth-order valence-electron chi connectivity index (χ4n) is 2.50. The van der Waals surface area contributed by atoms with Crippen LogP contribution in [0.5, 0.6) is 0 Å². The number of amides is 1. The van der Waals surface area contributed by atoms with Gasteiger partial charge in [0.25, 0.3) is 5.91 Å². The molecule has 0 bridgehead atoms. The van der Waals surface area contributed by atoms with Gasteiger partial charge in [0.1, 0.15) is 0 Å². The number of nitrogens with zero attached hydrogens (tertiary/aromatic N) is 1. The Labute approximate surface area is 121 Å². The van der Waals surface area contributed by atoms with Crippen molar-refractivity contribution in [3.8, 4) is 0 Å². The Morgan fingerprint density at radius 1 is 1.24 bits per heavy atom. The number of fused-ring (bicyclic) bond motifs is 1. The molecule has 2 aromatic carbocycles. The highest BCUT2D eigenvalue weighted by atomic mass is 16.5. The zero-order chi connectivity index (χ0) is 15.0. The Morgan fingerprint density at radius 2 is 2.00 bits per heavy atom. The molecule has 21 heavy (non-hydrogen) atoms. The lowest BCUT2D eigenvalue weighted by Gasteiger charge is -2.18. The number of benzene rings is 2. The summed E-state index contributed by atoms with van der Waals surface area (Å²) in [6.45, 7) is 0.419. The van der Waals surface area contributed by atoms with Crippen molar-refractivity contribution in [1.29, 1.82) is 0 Å². The van der Waals surface area contributed by atoms with Crippen molar-refractivity contribution < 1.29 is 14.3 Å². The van der Waals surface area contributed by atoms with E-state index >= 15 is 0 Å². The maximum Gasteiger partial charge on any atom is 0.339 e. The van der Waals surface area contributed by atoms with Gasteiger partial charge < -0.3 is 15.4 Å². The summed E-state index contributed by atoms with van der Waals surface area (Å²) in [4.78, 5) is 25.9. The molecule has 0 radical (unpaired) electrons. The third-order valence-corrected chi connectivity index (χ3v) is 3.54. The second-order valence-electron chi connectivity index (χ2n) is 4.82. The quantitative estimate of drug-likeness (QED) is 0.677. The predicted octanol–water partition coefficient (Wildman–Crippen LogP) is 2.22. The summed E-state index contributed by atoms with van der Waals surface area (Å²) in [6, 6.07) is 12.2. The van der Waals surface area contributed by atoms with Crippen LogP contribution in [0.15, 0.2) is 42.5 Å². The van der Waals surface area contributed by atoms with Gasteiger partial charge in [-0.15, -0.1) is 0 Å². The summed E-state index contributed by atoms with van der Waals surface area (Å²) in [5.41, 5.74) is 8.67. The summed E-state index contributed by atoms with van der Waals surface area (Å²) >= 11 is 0. The lowest BCUT2D eigenvalue weighted by molar-refractivity contribution is 0.0601. The van der Waals surface area contributed by atoms with Gasteiger partial charge in [0.2, 0.25) is 0 Å². The molecular formula is C16H14N2O3. The number of hydrogen-bond donors (Lipinski definition) is 1. The van der Waals surface area contributed by atoms with E-state index in [0.717, 1.165) is 5.56 Å². The van der Waals surface area contributed by atoms with Crippen molar-refractivity contribution in [3.63, 3.8) is 0 Å². The van der Waals surface area contributed by atoms with Crippen molar-refractivity contribution in [1.82, 2.24) is 0 Å². The molecule has 0 saturated carbocycles. The number of nitrogen functional groups attached to an aromatic ring is 1. The number of nitrogens with two attached hydrogens (primary N) is 1. The zero-order valence-electron chi connectivity index (χ0n) is 11.5. The van der Waals surface area contributed by atoms with Gasteiger partial charge in [-0.2, -0.15) is 0 Å². The Bertz CT molecular complexity index is 740. The van der Waals surface area contributed by atoms with Crippen molar-refractivity contribution in [2.45, 2.75) is 6.54 Å². The first-order valence-electron chi connectivity index (χ1n) is 6.49. The fourth-order valence-corrected chi connectivity index (χ4v) is 2.50. The average molecular weight is 282 g/mol.